The first-order valence-electron chi connectivity index (χ1n) is 7.39. The van der Waals surface area contributed by atoms with E-state index in [-0.39, 0.29) is 30.1 Å². The molecule has 2 saturated heterocycles. The van der Waals surface area contributed by atoms with Crippen molar-refractivity contribution in [2.75, 3.05) is 0 Å². The molecule has 106 valence electrons. The van der Waals surface area contributed by atoms with Gasteiger partial charge in [0, 0.05) is 18.1 Å². The summed E-state index contributed by atoms with van der Waals surface area (Å²) in [5.74, 6) is -0.500. The van der Waals surface area contributed by atoms with Crippen molar-refractivity contribution >= 4 is 12.0 Å². The van der Waals surface area contributed by atoms with Gasteiger partial charge in [0.25, 0.3) is 0 Å². The average molecular weight is 266 g/mol. The van der Waals surface area contributed by atoms with E-state index >= 15 is 0 Å². The number of carbonyl (C=O) groups is 2. The highest BCUT2D eigenvalue weighted by molar-refractivity contribution is 5.79. The predicted octanol–water partition coefficient (Wildman–Crippen LogP) is 1.82. The third-order valence-corrected chi connectivity index (χ3v) is 5.30. The van der Waals surface area contributed by atoms with E-state index in [1.165, 1.54) is 19.3 Å². The normalized spacial score (nSPS) is 35.0. The molecule has 2 bridgehead atoms. The standard InChI is InChI=1S/C14H22N2O3/c1-8(9-3-2-4-9)15-14(19)16-10-5-6-12(16)11(7-10)13(17)18/h8-12H,2-7H2,1H3,(H,15,19)(H,17,18). The van der Waals surface area contributed by atoms with Gasteiger partial charge >= 0.3 is 12.0 Å². The van der Waals surface area contributed by atoms with E-state index in [0.717, 1.165) is 12.8 Å². The van der Waals surface area contributed by atoms with Crippen molar-refractivity contribution in [2.45, 2.75) is 63.6 Å². The van der Waals surface area contributed by atoms with Crippen molar-refractivity contribution in [3.05, 3.63) is 0 Å². The van der Waals surface area contributed by atoms with Gasteiger partial charge in [-0.15, -0.1) is 0 Å². The molecular weight excluding hydrogens is 244 g/mol. The van der Waals surface area contributed by atoms with Crippen LogP contribution < -0.4 is 5.32 Å². The summed E-state index contributed by atoms with van der Waals surface area (Å²) in [6.07, 6.45) is 6.09. The summed E-state index contributed by atoms with van der Waals surface area (Å²) < 4.78 is 0. The molecule has 3 aliphatic rings. The van der Waals surface area contributed by atoms with Gasteiger partial charge in [-0.2, -0.15) is 0 Å². The largest absolute Gasteiger partial charge is 0.481 e. The molecule has 0 aromatic heterocycles. The van der Waals surface area contributed by atoms with Crippen molar-refractivity contribution in [3.63, 3.8) is 0 Å². The fraction of sp³-hybridized carbons (Fsp3) is 0.857. The zero-order chi connectivity index (χ0) is 13.6. The molecule has 0 spiro atoms. The molecule has 1 saturated carbocycles. The van der Waals surface area contributed by atoms with E-state index in [1.807, 2.05) is 4.90 Å². The second kappa shape index (κ2) is 4.69. The van der Waals surface area contributed by atoms with Crippen LogP contribution in [0, 0.1) is 11.8 Å². The van der Waals surface area contributed by atoms with Crippen LogP contribution in [0.25, 0.3) is 0 Å². The molecule has 19 heavy (non-hydrogen) atoms. The molecule has 0 aromatic carbocycles. The molecule has 2 amide bonds. The van der Waals surface area contributed by atoms with Crippen molar-refractivity contribution in [2.24, 2.45) is 11.8 Å². The topological polar surface area (TPSA) is 69.6 Å². The van der Waals surface area contributed by atoms with Gasteiger partial charge < -0.3 is 15.3 Å². The summed E-state index contributed by atoms with van der Waals surface area (Å²) in [7, 11) is 0. The molecule has 4 unspecified atom stereocenters. The quantitative estimate of drug-likeness (QED) is 0.818. The summed E-state index contributed by atoms with van der Waals surface area (Å²) >= 11 is 0. The summed E-state index contributed by atoms with van der Waals surface area (Å²) in [4.78, 5) is 25.4. The van der Waals surface area contributed by atoms with Crippen LogP contribution in [0.4, 0.5) is 4.79 Å². The third kappa shape index (κ3) is 2.09. The maximum Gasteiger partial charge on any atom is 0.318 e. The first-order valence-corrected chi connectivity index (χ1v) is 7.39. The minimum atomic E-state index is -0.753. The average Bonchev–Trinajstić information content (AvgIpc) is 2.82. The number of amides is 2. The predicted molar refractivity (Wildman–Crippen MR) is 69.7 cm³/mol. The molecule has 3 rings (SSSR count). The molecule has 2 N–H and O–H groups in total. The Kier molecular flexibility index (Phi) is 3.15. The zero-order valence-corrected chi connectivity index (χ0v) is 11.3. The van der Waals surface area contributed by atoms with E-state index in [4.69, 9.17) is 0 Å². The van der Waals surface area contributed by atoms with Gasteiger partial charge in [0.1, 0.15) is 0 Å². The second-order valence-corrected chi connectivity index (χ2v) is 6.32. The SMILES string of the molecule is CC(NC(=O)N1C2CCC1C(C(=O)O)C2)C1CCC1. The van der Waals surface area contributed by atoms with Gasteiger partial charge in [0.05, 0.1) is 5.92 Å². The van der Waals surface area contributed by atoms with Gasteiger partial charge in [-0.3, -0.25) is 4.79 Å². The Morgan fingerprint density at radius 1 is 1.26 bits per heavy atom. The van der Waals surface area contributed by atoms with E-state index in [0.29, 0.717) is 12.3 Å². The molecule has 2 heterocycles. The van der Waals surface area contributed by atoms with Gasteiger partial charge in [0.2, 0.25) is 0 Å². The lowest BCUT2D eigenvalue weighted by Gasteiger charge is -2.34. The number of nitrogens with zero attached hydrogens (tertiary/aromatic N) is 1. The van der Waals surface area contributed by atoms with E-state index in [9.17, 15) is 14.7 Å². The van der Waals surface area contributed by atoms with Gasteiger partial charge in [-0.05, 0) is 44.9 Å². The van der Waals surface area contributed by atoms with Gasteiger partial charge in [-0.25, -0.2) is 4.79 Å². The minimum absolute atomic E-state index is 0.0457. The molecule has 2 aliphatic heterocycles. The lowest BCUT2D eigenvalue weighted by atomic mass is 9.80. The van der Waals surface area contributed by atoms with Crippen LogP contribution in [-0.2, 0) is 4.79 Å². The minimum Gasteiger partial charge on any atom is -0.481 e. The molecule has 1 aliphatic carbocycles. The Bertz CT molecular complexity index is 394. The van der Waals surface area contributed by atoms with Crippen LogP contribution >= 0.6 is 0 Å². The molecule has 0 aromatic rings. The fourth-order valence-electron chi connectivity index (χ4n) is 3.90. The number of carboxylic acids is 1. The second-order valence-electron chi connectivity index (χ2n) is 6.32. The van der Waals surface area contributed by atoms with Crippen molar-refractivity contribution < 1.29 is 14.7 Å². The number of nitrogens with one attached hydrogen (secondary N) is 1. The Morgan fingerprint density at radius 3 is 2.53 bits per heavy atom. The van der Waals surface area contributed by atoms with Crippen LogP contribution in [0.5, 0.6) is 0 Å². The van der Waals surface area contributed by atoms with Crippen LogP contribution in [0.15, 0.2) is 0 Å². The van der Waals surface area contributed by atoms with E-state index in [2.05, 4.69) is 12.2 Å². The highest BCUT2D eigenvalue weighted by Crippen LogP contribution is 2.42. The Morgan fingerprint density at radius 2 is 2.00 bits per heavy atom. The number of hydrogen-bond acceptors (Lipinski definition) is 2. The Balaban J connectivity index is 1.62. The highest BCUT2D eigenvalue weighted by atomic mass is 16.4. The number of fused-ring (bicyclic) bond motifs is 2. The molecular formula is C14H22N2O3. The van der Waals surface area contributed by atoms with Crippen LogP contribution in [0.1, 0.15) is 45.4 Å². The smallest absolute Gasteiger partial charge is 0.318 e. The fourth-order valence-corrected chi connectivity index (χ4v) is 3.90. The summed E-state index contributed by atoms with van der Waals surface area (Å²) in [6.45, 7) is 2.06. The molecule has 5 heteroatoms. The van der Waals surface area contributed by atoms with Crippen LogP contribution in [-0.4, -0.2) is 40.1 Å². The number of carboxylic acid groups (broad SMARTS) is 1. The van der Waals surface area contributed by atoms with Gasteiger partial charge in [-0.1, -0.05) is 6.42 Å². The monoisotopic (exact) mass is 266 g/mol. The number of rotatable bonds is 3. The summed E-state index contributed by atoms with van der Waals surface area (Å²) in [5.41, 5.74) is 0. The lowest BCUT2D eigenvalue weighted by molar-refractivity contribution is -0.142. The van der Waals surface area contributed by atoms with E-state index in [1.54, 1.807) is 0 Å². The van der Waals surface area contributed by atoms with Crippen molar-refractivity contribution in [3.8, 4) is 0 Å². The molecule has 5 nitrogen and oxygen atoms in total. The molecule has 0 radical (unpaired) electrons. The van der Waals surface area contributed by atoms with Crippen molar-refractivity contribution in [1.82, 2.24) is 10.2 Å². The number of urea groups is 1. The highest BCUT2D eigenvalue weighted by Gasteiger charge is 2.51. The zero-order valence-electron chi connectivity index (χ0n) is 11.3. The van der Waals surface area contributed by atoms with Gasteiger partial charge in [0.15, 0.2) is 0 Å². The maximum atomic E-state index is 12.4. The van der Waals surface area contributed by atoms with Crippen LogP contribution in [0.2, 0.25) is 0 Å². The van der Waals surface area contributed by atoms with Crippen molar-refractivity contribution in [1.29, 1.82) is 0 Å². The Hall–Kier alpha value is -1.26. The molecule has 3 fully saturated rings. The number of aliphatic carboxylic acids is 1. The maximum absolute atomic E-state index is 12.4. The molecule has 4 atom stereocenters. The first-order chi connectivity index (χ1) is 9.08. The van der Waals surface area contributed by atoms with Crippen LogP contribution in [0.3, 0.4) is 0 Å². The summed E-state index contributed by atoms with van der Waals surface area (Å²) in [5, 5.41) is 12.3. The number of carbonyl (C=O) groups excluding carboxylic acids is 1. The van der Waals surface area contributed by atoms with E-state index < -0.39 is 5.97 Å². The lowest BCUT2D eigenvalue weighted by Crippen LogP contribution is -2.49. The number of hydrogen-bond donors (Lipinski definition) is 2. The summed E-state index contributed by atoms with van der Waals surface area (Å²) in [6, 6.07) is 0.218. The third-order valence-electron chi connectivity index (χ3n) is 5.30. The Labute approximate surface area is 113 Å². The first kappa shape index (κ1) is 12.8.